The van der Waals surface area contributed by atoms with Crippen molar-refractivity contribution in [1.29, 1.82) is 0 Å². The summed E-state index contributed by atoms with van der Waals surface area (Å²) >= 11 is 2.44. The van der Waals surface area contributed by atoms with Crippen LogP contribution in [0, 0.1) is 17.8 Å². The van der Waals surface area contributed by atoms with E-state index in [-0.39, 0.29) is 0 Å². The van der Waals surface area contributed by atoms with E-state index in [4.69, 9.17) is 0 Å². The Hall–Kier alpha value is -0.770. The maximum absolute atomic E-state index is 3.12. The lowest BCUT2D eigenvalue weighted by atomic mass is 9.94. The number of benzene rings is 1. The van der Waals surface area contributed by atoms with Crippen molar-refractivity contribution in [2.24, 2.45) is 5.92 Å². The number of nitrogens with zero attached hydrogens (tertiary/aromatic N) is 3. The molecule has 1 aromatic rings. The second kappa shape index (κ2) is 9.25. The van der Waals surface area contributed by atoms with Crippen molar-refractivity contribution in [2.75, 3.05) is 44.7 Å². The van der Waals surface area contributed by atoms with E-state index >= 15 is 0 Å². The molecule has 0 aliphatic carbocycles. The van der Waals surface area contributed by atoms with Gasteiger partial charge in [-0.25, -0.2) is 3.11 Å². The van der Waals surface area contributed by atoms with Gasteiger partial charge in [0.15, 0.2) is 0 Å². The Morgan fingerprint density at radius 3 is 2.24 bits per heavy atom. The maximum Gasteiger partial charge on any atom is 0.0367 e. The molecule has 0 amide bonds. The molecule has 4 heteroatoms. The zero-order valence-corrected chi connectivity index (χ0v) is 17.7. The van der Waals surface area contributed by atoms with Crippen LogP contribution in [-0.2, 0) is 0 Å². The summed E-state index contributed by atoms with van der Waals surface area (Å²) in [6, 6.07) is 9.52. The molecule has 0 saturated carbocycles. The highest BCUT2D eigenvalue weighted by atomic mass is 127. The Kier molecular flexibility index (Phi) is 7.03. The molecule has 3 rings (SSSR count). The predicted molar refractivity (Wildman–Crippen MR) is 115 cm³/mol. The Morgan fingerprint density at radius 1 is 1.04 bits per heavy atom. The first-order chi connectivity index (χ1) is 12.2. The van der Waals surface area contributed by atoms with Gasteiger partial charge in [0, 0.05) is 59.8 Å². The second-order valence-corrected chi connectivity index (χ2v) is 8.93. The van der Waals surface area contributed by atoms with Gasteiger partial charge < -0.3 is 9.80 Å². The Bertz CT molecular complexity index is 586. The number of hydrogen-bond donors (Lipinski definition) is 0. The Labute approximate surface area is 167 Å². The molecular weight excluding hydrogens is 421 g/mol. The van der Waals surface area contributed by atoms with Gasteiger partial charge in [-0.05, 0) is 82.9 Å². The quantitative estimate of drug-likeness (QED) is 0.389. The maximum atomic E-state index is 3.12. The zero-order valence-electron chi connectivity index (χ0n) is 15.5. The summed E-state index contributed by atoms with van der Waals surface area (Å²) in [5.74, 6) is 6.96. The van der Waals surface area contributed by atoms with Crippen LogP contribution in [-0.4, -0.2) is 53.8 Å². The van der Waals surface area contributed by atoms with Crippen molar-refractivity contribution >= 4 is 28.6 Å². The number of likely N-dealkylation sites (tertiary alicyclic amines) is 1. The lowest BCUT2D eigenvalue weighted by Crippen LogP contribution is -2.44. The molecule has 0 atom stereocenters. The van der Waals surface area contributed by atoms with Gasteiger partial charge >= 0.3 is 0 Å². The van der Waals surface area contributed by atoms with Crippen LogP contribution in [0.25, 0.3) is 0 Å². The molecule has 0 N–H and O–H groups in total. The van der Waals surface area contributed by atoms with Crippen molar-refractivity contribution in [3.8, 4) is 11.8 Å². The summed E-state index contributed by atoms with van der Waals surface area (Å²) in [4.78, 5) is 5.24. The number of hydrogen-bond acceptors (Lipinski definition) is 3. The fourth-order valence-electron chi connectivity index (χ4n) is 4.10. The fourth-order valence-corrected chi connectivity index (χ4v) is 4.65. The largest absolute Gasteiger partial charge is 0.372 e. The molecule has 0 radical (unpaired) electrons. The number of halogens is 1. The zero-order chi connectivity index (χ0) is 17.6. The molecule has 2 aliphatic rings. The van der Waals surface area contributed by atoms with Crippen molar-refractivity contribution in [1.82, 2.24) is 8.01 Å². The van der Waals surface area contributed by atoms with E-state index in [1.807, 2.05) is 6.92 Å². The normalized spacial score (nSPS) is 20.6. The standard InChI is InChI=1S/C21H30IN3/c1-3-4-18-5-7-21(8-6-18)25-15-9-19(10-16-25)17-24-13-11-20(12-14-24)23(2)22/h5-8,19-20H,9-17H2,1-2H3. The van der Waals surface area contributed by atoms with Gasteiger partial charge in [0.05, 0.1) is 0 Å². The molecule has 2 heterocycles. The van der Waals surface area contributed by atoms with E-state index in [0.29, 0.717) is 0 Å². The highest BCUT2D eigenvalue weighted by Crippen LogP contribution is 2.26. The second-order valence-electron chi connectivity index (χ2n) is 7.41. The molecule has 3 nitrogen and oxygen atoms in total. The predicted octanol–water partition coefficient (Wildman–Crippen LogP) is 4.02. The Morgan fingerprint density at radius 2 is 1.68 bits per heavy atom. The molecule has 0 unspecified atom stereocenters. The molecular formula is C21H30IN3. The van der Waals surface area contributed by atoms with Gasteiger partial charge in [0.2, 0.25) is 0 Å². The average molecular weight is 451 g/mol. The number of rotatable bonds is 4. The molecule has 2 saturated heterocycles. The first kappa shape index (κ1) is 19.0. The lowest BCUT2D eigenvalue weighted by Gasteiger charge is -2.39. The molecule has 25 heavy (non-hydrogen) atoms. The van der Waals surface area contributed by atoms with Crippen LogP contribution in [0.3, 0.4) is 0 Å². The smallest absolute Gasteiger partial charge is 0.0367 e. The van der Waals surface area contributed by atoms with E-state index in [1.54, 1.807) is 0 Å². The first-order valence-electron chi connectivity index (χ1n) is 9.54. The minimum absolute atomic E-state index is 0.777. The highest BCUT2D eigenvalue weighted by molar-refractivity contribution is 14.1. The van der Waals surface area contributed by atoms with Crippen LogP contribution < -0.4 is 4.90 Å². The molecule has 0 aromatic heterocycles. The van der Waals surface area contributed by atoms with Gasteiger partial charge in [-0.15, -0.1) is 5.92 Å². The molecule has 2 fully saturated rings. The van der Waals surface area contributed by atoms with Crippen LogP contribution in [0.15, 0.2) is 24.3 Å². The molecule has 1 aromatic carbocycles. The van der Waals surface area contributed by atoms with Crippen LogP contribution in [0.2, 0.25) is 0 Å². The summed E-state index contributed by atoms with van der Waals surface area (Å²) in [7, 11) is 2.21. The SMILES string of the molecule is CC#Cc1ccc(N2CCC(CN3CCC(N(C)I)CC3)CC2)cc1. The third-order valence-electron chi connectivity index (χ3n) is 5.69. The van der Waals surface area contributed by atoms with Crippen molar-refractivity contribution in [3.05, 3.63) is 29.8 Å². The van der Waals surface area contributed by atoms with Gasteiger partial charge in [-0.2, -0.15) is 0 Å². The van der Waals surface area contributed by atoms with Gasteiger partial charge in [0.1, 0.15) is 0 Å². The van der Waals surface area contributed by atoms with E-state index in [2.05, 4.69) is 78.9 Å². The Balaban J connectivity index is 1.43. The minimum atomic E-state index is 0.777. The van der Waals surface area contributed by atoms with Crippen molar-refractivity contribution in [3.63, 3.8) is 0 Å². The highest BCUT2D eigenvalue weighted by Gasteiger charge is 2.25. The van der Waals surface area contributed by atoms with Gasteiger partial charge in [-0.3, -0.25) is 0 Å². The number of piperidine rings is 2. The van der Waals surface area contributed by atoms with Gasteiger partial charge in [-0.1, -0.05) is 5.92 Å². The summed E-state index contributed by atoms with van der Waals surface area (Å²) in [5.41, 5.74) is 2.47. The van der Waals surface area contributed by atoms with Crippen molar-refractivity contribution in [2.45, 2.75) is 38.6 Å². The number of anilines is 1. The van der Waals surface area contributed by atoms with Crippen molar-refractivity contribution < 1.29 is 0 Å². The van der Waals surface area contributed by atoms with E-state index in [0.717, 1.165) is 17.5 Å². The third kappa shape index (κ3) is 5.35. The monoisotopic (exact) mass is 451 g/mol. The van der Waals surface area contributed by atoms with Gasteiger partial charge in [0.25, 0.3) is 0 Å². The molecule has 2 aliphatic heterocycles. The minimum Gasteiger partial charge on any atom is -0.372 e. The average Bonchev–Trinajstić information content (AvgIpc) is 2.64. The lowest BCUT2D eigenvalue weighted by molar-refractivity contribution is 0.150. The molecule has 0 spiro atoms. The fraction of sp³-hybridized carbons (Fsp3) is 0.619. The summed E-state index contributed by atoms with van der Waals surface area (Å²) in [6.07, 6.45) is 5.29. The van der Waals surface area contributed by atoms with Crippen LogP contribution in [0.5, 0.6) is 0 Å². The summed E-state index contributed by atoms with van der Waals surface area (Å²) in [5, 5.41) is 0. The topological polar surface area (TPSA) is 9.72 Å². The first-order valence-corrected chi connectivity index (χ1v) is 10.5. The molecule has 136 valence electrons. The van der Waals surface area contributed by atoms with E-state index in [1.165, 1.54) is 64.1 Å². The summed E-state index contributed by atoms with van der Waals surface area (Å²) in [6.45, 7) is 8.13. The van der Waals surface area contributed by atoms with E-state index < -0.39 is 0 Å². The van der Waals surface area contributed by atoms with Crippen LogP contribution >= 0.6 is 22.9 Å². The molecule has 0 bridgehead atoms. The van der Waals surface area contributed by atoms with Crippen LogP contribution in [0.4, 0.5) is 5.69 Å². The third-order valence-corrected chi connectivity index (χ3v) is 6.48. The summed E-state index contributed by atoms with van der Waals surface area (Å²) < 4.78 is 2.37. The van der Waals surface area contributed by atoms with E-state index in [9.17, 15) is 0 Å². The van der Waals surface area contributed by atoms with Crippen LogP contribution in [0.1, 0.15) is 38.2 Å².